The summed E-state index contributed by atoms with van der Waals surface area (Å²) in [4.78, 5) is 11.7. The second kappa shape index (κ2) is 5.49. The van der Waals surface area contributed by atoms with Crippen LogP contribution in [0.15, 0.2) is 35.3 Å². The molecule has 3 rings (SSSR count). The van der Waals surface area contributed by atoms with Gasteiger partial charge in [0.25, 0.3) is 0 Å². The van der Waals surface area contributed by atoms with Crippen LogP contribution in [0.1, 0.15) is 12.6 Å². The molecule has 0 aromatic carbocycles. The minimum Gasteiger partial charge on any atom is -0.375 e. The van der Waals surface area contributed by atoms with Crippen molar-refractivity contribution in [1.82, 2.24) is 19.4 Å². The monoisotopic (exact) mass is 404 g/mol. The Morgan fingerprint density at radius 3 is 2.50 bits per heavy atom. The van der Waals surface area contributed by atoms with Crippen molar-refractivity contribution in [3.8, 4) is 11.4 Å². The lowest BCUT2D eigenvalue weighted by atomic mass is 10.0. The van der Waals surface area contributed by atoms with Gasteiger partial charge in [-0.3, -0.25) is 9.38 Å². The third-order valence-electron chi connectivity index (χ3n) is 3.47. The number of aliphatic hydroxyl groups is 1. The minimum absolute atomic E-state index is 0.165. The molecule has 0 bridgehead atoms. The molecule has 0 aliphatic carbocycles. The van der Waals surface area contributed by atoms with Crippen molar-refractivity contribution < 1.29 is 22.7 Å². The van der Waals surface area contributed by atoms with E-state index in [1.807, 2.05) is 0 Å². The first-order chi connectivity index (χ1) is 11.1. The van der Waals surface area contributed by atoms with Gasteiger partial charge in [0.2, 0.25) is 5.60 Å². The van der Waals surface area contributed by atoms with Crippen LogP contribution in [0.3, 0.4) is 0 Å². The predicted molar refractivity (Wildman–Crippen MR) is 79.5 cm³/mol. The van der Waals surface area contributed by atoms with Crippen LogP contribution in [-0.4, -0.2) is 30.6 Å². The molecule has 3 heterocycles. The zero-order valence-corrected chi connectivity index (χ0v) is 13.6. The lowest BCUT2D eigenvalue weighted by Gasteiger charge is -2.25. The first-order valence-corrected chi connectivity index (χ1v) is 7.35. The molecule has 3 aromatic rings. The van der Waals surface area contributed by atoms with E-state index in [-0.39, 0.29) is 21.6 Å². The number of aromatic nitrogens is 4. The van der Waals surface area contributed by atoms with Crippen molar-refractivity contribution in [1.29, 1.82) is 0 Å². The highest BCUT2D eigenvalue weighted by Crippen LogP contribution is 2.37. The Morgan fingerprint density at radius 2 is 1.88 bits per heavy atom. The van der Waals surface area contributed by atoms with Gasteiger partial charge in [-0.05, 0) is 22.9 Å². The summed E-state index contributed by atoms with van der Waals surface area (Å²) in [7, 11) is 0. The van der Waals surface area contributed by atoms with Crippen LogP contribution < -0.4 is 0 Å². The van der Waals surface area contributed by atoms with Gasteiger partial charge in [-0.25, -0.2) is 14.4 Å². The maximum absolute atomic E-state index is 13.5. The van der Waals surface area contributed by atoms with Crippen LogP contribution >= 0.6 is 15.9 Å². The SMILES string of the molecule is CC(O)(c1cn2c(-c3cc(F)cc(Br)n3)cnc2cn1)C(F)(F)F. The molecule has 1 unspecified atom stereocenters. The number of imidazole rings is 1. The zero-order chi connectivity index (χ0) is 17.7. The number of nitrogens with zero attached hydrogens (tertiary/aromatic N) is 4. The highest BCUT2D eigenvalue weighted by atomic mass is 79.9. The molecule has 0 fully saturated rings. The average molecular weight is 405 g/mol. The Bertz CT molecular complexity index is 903. The van der Waals surface area contributed by atoms with Crippen molar-refractivity contribution in [3.63, 3.8) is 0 Å². The number of rotatable bonds is 2. The first kappa shape index (κ1) is 16.8. The van der Waals surface area contributed by atoms with Gasteiger partial charge >= 0.3 is 6.18 Å². The first-order valence-electron chi connectivity index (χ1n) is 6.56. The molecule has 1 N–H and O–H groups in total. The third-order valence-corrected chi connectivity index (χ3v) is 3.87. The fraction of sp³-hybridized carbons (Fsp3) is 0.214. The summed E-state index contributed by atoms with van der Waals surface area (Å²) < 4.78 is 54.0. The molecule has 0 saturated heterocycles. The molecule has 0 spiro atoms. The van der Waals surface area contributed by atoms with Crippen LogP contribution in [0, 0.1) is 5.82 Å². The van der Waals surface area contributed by atoms with E-state index in [1.165, 1.54) is 10.6 Å². The lowest BCUT2D eigenvalue weighted by molar-refractivity contribution is -0.260. The highest BCUT2D eigenvalue weighted by Gasteiger charge is 2.52. The van der Waals surface area contributed by atoms with Gasteiger partial charge in [0, 0.05) is 18.3 Å². The maximum atomic E-state index is 13.5. The smallest absolute Gasteiger partial charge is 0.375 e. The third kappa shape index (κ3) is 2.75. The minimum atomic E-state index is -4.91. The van der Waals surface area contributed by atoms with Gasteiger partial charge in [-0.1, -0.05) is 0 Å². The van der Waals surface area contributed by atoms with Crippen LogP contribution in [-0.2, 0) is 5.60 Å². The molecule has 0 saturated carbocycles. The number of hydrogen-bond acceptors (Lipinski definition) is 4. The molecule has 5 nitrogen and oxygen atoms in total. The summed E-state index contributed by atoms with van der Waals surface area (Å²) in [5.41, 5.74) is -3.10. The number of halogens is 5. The Balaban J connectivity index is 2.20. The molecular weight excluding hydrogens is 396 g/mol. The summed E-state index contributed by atoms with van der Waals surface area (Å²) in [6.07, 6.45) is -1.48. The van der Waals surface area contributed by atoms with Gasteiger partial charge in [-0.15, -0.1) is 0 Å². The molecule has 10 heteroatoms. The van der Waals surface area contributed by atoms with E-state index in [1.54, 1.807) is 0 Å². The van der Waals surface area contributed by atoms with Gasteiger partial charge in [-0.2, -0.15) is 13.2 Å². The van der Waals surface area contributed by atoms with Gasteiger partial charge < -0.3 is 5.11 Å². The molecule has 0 radical (unpaired) electrons. The van der Waals surface area contributed by atoms with Gasteiger partial charge in [0.05, 0.1) is 29.5 Å². The van der Waals surface area contributed by atoms with Crippen molar-refractivity contribution in [3.05, 3.63) is 46.8 Å². The fourth-order valence-corrected chi connectivity index (χ4v) is 2.48. The quantitative estimate of drug-likeness (QED) is 0.524. The van der Waals surface area contributed by atoms with Crippen LogP contribution in [0.4, 0.5) is 17.6 Å². The summed E-state index contributed by atoms with van der Waals surface area (Å²) in [5.74, 6) is -0.571. The van der Waals surface area contributed by atoms with Crippen molar-refractivity contribution in [2.75, 3.05) is 0 Å². The molecule has 126 valence electrons. The van der Waals surface area contributed by atoms with E-state index in [0.29, 0.717) is 6.92 Å². The average Bonchev–Trinajstić information content (AvgIpc) is 2.87. The number of hydrogen-bond donors (Lipinski definition) is 1. The summed E-state index contributed by atoms with van der Waals surface area (Å²) in [6, 6.07) is 2.27. The molecule has 3 aromatic heterocycles. The van der Waals surface area contributed by atoms with E-state index in [4.69, 9.17) is 0 Å². The highest BCUT2D eigenvalue weighted by molar-refractivity contribution is 9.10. The van der Waals surface area contributed by atoms with Crippen molar-refractivity contribution in [2.45, 2.75) is 18.7 Å². The molecule has 24 heavy (non-hydrogen) atoms. The standard InChI is InChI=1S/C14H9BrF4N4O/c1-13(24,14(17,18)19)10-6-23-9(4-21-12(23)5-20-10)8-2-7(16)3-11(15)22-8/h2-6,24H,1H3. The fourth-order valence-electron chi connectivity index (χ4n) is 2.07. The number of pyridine rings is 1. The van der Waals surface area contributed by atoms with E-state index in [9.17, 15) is 22.7 Å². The van der Waals surface area contributed by atoms with E-state index >= 15 is 0 Å². The van der Waals surface area contributed by atoms with Crippen molar-refractivity contribution in [2.24, 2.45) is 0 Å². The van der Waals surface area contributed by atoms with Gasteiger partial charge in [0.15, 0.2) is 5.65 Å². The molecule has 1 atom stereocenters. The number of alkyl halides is 3. The Morgan fingerprint density at radius 1 is 1.17 bits per heavy atom. The maximum Gasteiger partial charge on any atom is 0.422 e. The molecule has 0 amide bonds. The Labute approximate surface area is 141 Å². The van der Waals surface area contributed by atoms with Crippen LogP contribution in [0.5, 0.6) is 0 Å². The predicted octanol–water partition coefficient (Wildman–Crippen LogP) is 3.46. The lowest BCUT2D eigenvalue weighted by Crippen LogP contribution is -2.40. The summed E-state index contributed by atoms with van der Waals surface area (Å²) in [6.45, 7) is 0.606. The second-order valence-corrected chi connectivity index (χ2v) is 6.02. The zero-order valence-electron chi connectivity index (χ0n) is 12.0. The van der Waals surface area contributed by atoms with E-state index in [2.05, 4.69) is 30.9 Å². The van der Waals surface area contributed by atoms with Crippen LogP contribution in [0.2, 0.25) is 0 Å². The largest absolute Gasteiger partial charge is 0.422 e. The summed E-state index contributed by atoms with van der Waals surface area (Å²) >= 11 is 3.05. The molecular formula is C14H9BrF4N4O. The molecule has 0 aliphatic heterocycles. The second-order valence-electron chi connectivity index (χ2n) is 5.21. The Hall–Kier alpha value is -2.07. The molecule has 0 aliphatic rings. The normalized spacial score (nSPS) is 14.8. The van der Waals surface area contributed by atoms with Gasteiger partial charge in [0.1, 0.15) is 10.4 Å². The summed E-state index contributed by atoms with van der Waals surface area (Å²) in [5, 5.41) is 9.76. The van der Waals surface area contributed by atoms with Crippen LogP contribution in [0.25, 0.3) is 17.0 Å². The topological polar surface area (TPSA) is 63.3 Å². The Kier molecular flexibility index (Phi) is 3.83. The van der Waals surface area contributed by atoms with E-state index in [0.717, 1.165) is 24.5 Å². The van der Waals surface area contributed by atoms with Crippen molar-refractivity contribution >= 4 is 21.6 Å². The van der Waals surface area contributed by atoms with E-state index < -0.39 is 23.3 Å². The number of fused-ring (bicyclic) bond motifs is 1.